The fraction of sp³-hybridized carbons (Fsp3) is 0.800. The minimum Gasteiger partial charge on any atom is -0.481 e. The molecular weight excluding hydrogens is 288 g/mol. The van der Waals surface area contributed by atoms with E-state index in [1.54, 1.807) is 6.92 Å². The number of hydrogen-bond donors (Lipinski definition) is 3. The summed E-state index contributed by atoms with van der Waals surface area (Å²) >= 11 is 0. The quantitative estimate of drug-likeness (QED) is 0.549. The molecule has 0 fully saturated rings. The van der Waals surface area contributed by atoms with Gasteiger partial charge in [0.15, 0.2) is 0 Å². The number of aliphatic carboxylic acids is 1. The van der Waals surface area contributed by atoms with Crippen molar-refractivity contribution in [3.63, 3.8) is 0 Å². The van der Waals surface area contributed by atoms with Crippen molar-refractivity contribution in [2.24, 2.45) is 5.41 Å². The molecule has 3 N–H and O–H groups in total. The lowest BCUT2D eigenvalue weighted by molar-refractivity contribution is -0.139. The highest BCUT2D eigenvalue weighted by Gasteiger charge is 2.29. The third-order valence-electron chi connectivity index (χ3n) is 2.99. The summed E-state index contributed by atoms with van der Waals surface area (Å²) in [6.45, 7) is 7.60. The highest BCUT2D eigenvalue weighted by atomic mass is 16.5. The van der Waals surface area contributed by atoms with Gasteiger partial charge in [-0.2, -0.15) is 0 Å². The lowest BCUT2D eigenvalue weighted by Gasteiger charge is -2.28. The molecule has 0 aliphatic rings. The Hall–Kier alpha value is -1.63. The van der Waals surface area contributed by atoms with E-state index in [4.69, 9.17) is 9.84 Å². The molecule has 1 atom stereocenters. The Morgan fingerprint density at radius 3 is 2.18 bits per heavy atom. The molecule has 0 aromatic carbocycles. The Bertz CT molecular complexity index is 403. The van der Waals surface area contributed by atoms with Crippen LogP contribution >= 0.6 is 0 Å². The molecule has 0 aliphatic carbocycles. The molecule has 0 rings (SSSR count). The zero-order chi connectivity index (χ0) is 17.4. The predicted octanol–water partition coefficient (Wildman–Crippen LogP) is 0.925. The molecule has 22 heavy (non-hydrogen) atoms. The zero-order valence-electron chi connectivity index (χ0n) is 14.1. The van der Waals surface area contributed by atoms with Crippen molar-refractivity contribution in [1.82, 2.24) is 10.6 Å². The monoisotopic (exact) mass is 316 g/mol. The molecule has 2 amide bonds. The summed E-state index contributed by atoms with van der Waals surface area (Å²) in [5.74, 6) is -1.33. The number of amides is 2. The van der Waals surface area contributed by atoms with E-state index >= 15 is 0 Å². The maximum absolute atomic E-state index is 11.9. The Labute approximate surface area is 131 Å². The van der Waals surface area contributed by atoms with Crippen LogP contribution in [0.2, 0.25) is 0 Å². The van der Waals surface area contributed by atoms with Crippen LogP contribution in [0.15, 0.2) is 0 Å². The summed E-state index contributed by atoms with van der Waals surface area (Å²) in [4.78, 5) is 34.4. The van der Waals surface area contributed by atoms with Crippen LogP contribution in [-0.2, 0) is 19.1 Å². The zero-order valence-corrected chi connectivity index (χ0v) is 14.1. The van der Waals surface area contributed by atoms with Crippen LogP contribution in [0.4, 0.5) is 0 Å². The average Bonchev–Trinajstić information content (AvgIpc) is 2.31. The SMILES string of the molecule is COC[C@](C)(CC(=O)O)NC(=O)CCCNC(=O)C(C)(C)C. The summed E-state index contributed by atoms with van der Waals surface area (Å²) < 4.78 is 4.97. The molecule has 0 saturated carbocycles. The minimum atomic E-state index is -1.00. The number of ether oxygens (including phenoxy) is 1. The van der Waals surface area contributed by atoms with Crippen molar-refractivity contribution >= 4 is 17.8 Å². The second-order valence-corrected chi connectivity index (χ2v) is 6.72. The molecule has 0 heterocycles. The van der Waals surface area contributed by atoms with E-state index in [1.807, 2.05) is 20.8 Å². The van der Waals surface area contributed by atoms with E-state index in [0.717, 1.165) is 0 Å². The van der Waals surface area contributed by atoms with Crippen LogP contribution in [0.25, 0.3) is 0 Å². The molecule has 128 valence electrons. The largest absolute Gasteiger partial charge is 0.481 e. The molecule has 7 nitrogen and oxygen atoms in total. The van der Waals surface area contributed by atoms with Gasteiger partial charge in [-0.3, -0.25) is 14.4 Å². The van der Waals surface area contributed by atoms with Crippen molar-refractivity contribution in [2.45, 2.75) is 52.5 Å². The van der Waals surface area contributed by atoms with Crippen molar-refractivity contribution in [3.8, 4) is 0 Å². The number of hydrogen-bond acceptors (Lipinski definition) is 4. The number of carboxylic acid groups (broad SMARTS) is 1. The number of nitrogens with one attached hydrogen (secondary N) is 2. The average molecular weight is 316 g/mol. The minimum absolute atomic E-state index is 0.0667. The van der Waals surface area contributed by atoms with Crippen molar-refractivity contribution < 1.29 is 24.2 Å². The van der Waals surface area contributed by atoms with Gasteiger partial charge in [0.05, 0.1) is 18.6 Å². The third-order valence-corrected chi connectivity index (χ3v) is 2.99. The summed E-state index contributed by atoms with van der Waals surface area (Å²) in [7, 11) is 1.45. The highest BCUT2D eigenvalue weighted by molar-refractivity contribution is 5.81. The molecule has 0 spiro atoms. The van der Waals surface area contributed by atoms with Gasteiger partial charge in [0.2, 0.25) is 11.8 Å². The summed E-state index contributed by atoms with van der Waals surface area (Å²) in [5, 5.41) is 14.3. The molecule has 0 bridgehead atoms. The first-order valence-corrected chi connectivity index (χ1v) is 7.30. The fourth-order valence-corrected chi connectivity index (χ4v) is 1.90. The normalized spacial score (nSPS) is 14.0. The molecule has 7 heteroatoms. The van der Waals surface area contributed by atoms with Crippen molar-refractivity contribution in [3.05, 3.63) is 0 Å². The predicted molar refractivity (Wildman–Crippen MR) is 82.4 cm³/mol. The van der Waals surface area contributed by atoms with Crippen molar-refractivity contribution in [2.75, 3.05) is 20.3 Å². The van der Waals surface area contributed by atoms with Gasteiger partial charge in [-0.15, -0.1) is 0 Å². The highest BCUT2D eigenvalue weighted by Crippen LogP contribution is 2.13. The van der Waals surface area contributed by atoms with E-state index in [9.17, 15) is 14.4 Å². The lowest BCUT2D eigenvalue weighted by Crippen LogP contribution is -2.50. The van der Waals surface area contributed by atoms with Crippen LogP contribution in [0.3, 0.4) is 0 Å². The number of carboxylic acids is 1. The second-order valence-electron chi connectivity index (χ2n) is 6.72. The Morgan fingerprint density at radius 1 is 1.14 bits per heavy atom. The van der Waals surface area contributed by atoms with Crippen molar-refractivity contribution in [1.29, 1.82) is 0 Å². The maximum atomic E-state index is 11.9. The second kappa shape index (κ2) is 8.73. The molecular formula is C15H28N2O5. The Morgan fingerprint density at radius 2 is 1.73 bits per heavy atom. The van der Waals surface area contributed by atoms with Gasteiger partial charge in [0.25, 0.3) is 0 Å². The molecule has 0 aliphatic heterocycles. The van der Waals surface area contributed by atoms with Gasteiger partial charge in [-0.1, -0.05) is 20.8 Å². The van der Waals surface area contributed by atoms with Gasteiger partial charge in [-0.25, -0.2) is 0 Å². The van der Waals surface area contributed by atoms with Gasteiger partial charge >= 0.3 is 5.97 Å². The van der Waals surface area contributed by atoms with E-state index in [-0.39, 0.29) is 31.3 Å². The van der Waals surface area contributed by atoms with Gasteiger partial charge in [0.1, 0.15) is 0 Å². The Kier molecular flexibility index (Phi) is 8.08. The third kappa shape index (κ3) is 8.61. The standard InChI is InChI=1S/C15H28N2O5/c1-14(2,3)13(21)16-8-6-7-11(18)17-15(4,10-22-5)9-12(19)20/h6-10H2,1-5H3,(H,16,21)(H,17,18)(H,19,20)/t15-/m0/s1. The number of carbonyl (C=O) groups is 3. The van der Waals surface area contributed by atoms with Crippen LogP contribution in [0, 0.1) is 5.41 Å². The number of rotatable bonds is 9. The molecule has 0 aromatic rings. The lowest BCUT2D eigenvalue weighted by atomic mass is 9.96. The van der Waals surface area contributed by atoms with E-state index in [1.165, 1.54) is 7.11 Å². The van der Waals surface area contributed by atoms with Crippen LogP contribution in [-0.4, -0.2) is 48.7 Å². The number of carbonyl (C=O) groups excluding carboxylic acids is 2. The summed E-state index contributed by atoms with van der Waals surface area (Å²) in [5.41, 5.74) is -1.40. The van der Waals surface area contributed by atoms with Gasteiger partial charge in [-0.05, 0) is 13.3 Å². The van der Waals surface area contributed by atoms with E-state index in [0.29, 0.717) is 13.0 Å². The Balaban J connectivity index is 4.21. The van der Waals surface area contributed by atoms with E-state index in [2.05, 4.69) is 10.6 Å². The van der Waals surface area contributed by atoms with Gasteiger partial charge < -0.3 is 20.5 Å². The molecule has 0 saturated heterocycles. The maximum Gasteiger partial charge on any atom is 0.305 e. The summed E-state index contributed by atoms with van der Waals surface area (Å²) in [6, 6.07) is 0. The van der Waals surface area contributed by atoms with E-state index < -0.39 is 16.9 Å². The first-order chi connectivity index (χ1) is 10.00. The molecule has 0 radical (unpaired) electrons. The summed E-state index contributed by atoms with van der Waals surface area (Å²) in [6.07, 6.45) is 0.487. The topological polar surface area (TPSA) is 105 Å². The van der Waals surface area contributed by atoms with Crippen LogP contribution in [0.1, 0.15) is 47.0 Å². The first-order valence-electron chi connectivity index (χ1n) is 7.30. The smallest absolute Gasteiger partial charge is 0.305 e. The number of methoxy groups -OCH3 is 1. The first kappa shape index (κ1) is 20.4. The molecule has 0 unspecified atom stereocenters. The molecule has 0 aromatic heterocycles. The van der Waals surface area contributed by atoms with Crippen LogP contribution in [0.5, 0.6) is 0 Å². The van der Waals surface area contributed by atoms with Gasteiger partial charge in [0, 0.05) is 25.5 Å². The fourth-order valence-electron chi connectivity index (χ4n) is 1.90. The van der Waals surface area contributed by atoms with Crippen LogP contribution < -0.4 is 10.6 Å².